The van der Waals surface area contributed by atoms with E-state index >= 15 is 0 Å². The van der Waals surface area contributed by atoms with Crippen LogP contribution in [0.3, 0.4) is 0 Å². The molecule has 0 aliphatic carbocycles. The third-order valence-electron chi connectivity index (χ3n) is 5.32. The van der Waals surface area contributed by atoms with E-state index in [1.54, 1.807) is 0 Å². The number of hydrogen-bond donors (Lipinski definition) is 0. The zero-order chi connectivity index (χ0) is 19.6. The molecule has 1 heterocycles. The lowest BCUT2D eigenvalue weighted by Crippen LogP contribution is -2.37. The van der Waals surface area contributed by atoms with Crippen molar-refractivity contribution in [2.45, 2.75) is 25.9 Å². The molecule has 150 valence electrons. The topological polar surface area (TPSA) is 32.8 Å². The predicted octanol–water partition coefficient (Wildman–Crippen LogP) is 3.62. The summed E-state index contributed by atoms with van der Waals surface area (Å²) in [6.45, 7) is 4.83. The largest absolute Gasteiger partial charge is 0.376 e. The van der Waals surface area contributed by atoms with Crippen molar-refractivity contribution in [2.24, 2.45) is 5.92 Å². The third kappa shape index (κ3) is 6.77. The summed E-state index contributed by atoms with van der Waals surface area (Å²) in [4.78, 5) is 17.1. The average Bonchev–Trinajstić information content (AvgIpc) is 2.91. The summed E-state index contributed by atoms with van der Waals surface area (Å²) in [5.74, 6) is 0.633. The molecule has 0 unspecified atom stereocenters. The Hall–Kier alpha value is -2.17. The summed E-state index contributed by atoms with van der Waals surface area (Å²) in [7, 11) is 2.13. The van der Waals surface area contributed by atoms with E-state index in [1.165, 1.54) is 11.1 Å². The van der Waals surface area contributed by atoms with Crippen LogP contribution in [0.25, 0.3) is 0 Å². The predicted molar refractivity (Wildman–Crippen MR) is 113 cm³/mol. The molecule has 1 atom stereocenters. The van der Waals surface area contributed by atoms with Gasteiger partial charge in [0.15, 0.2) is 0 Å². The molecule has 28 heavy (non-hydrogen) atoms. The lowest BCUT2D eigenvalue weighted by Gasteiger charge is -2.24. The Labute approximate surface area is 169 Å². The van der Waals surface area contributed by atoms with Gasteiger partial charge in [0.2, 0.25) is 5.91 Å². The molecular weight excluding hydrogens is 348 g/mol. The number of amides is 1. The Morgan fingerprint density at radius 3 is 2.36 bits per heavy atom. The number of ether oxygens (including phenoxy) is 1. The van der Waals surface area contributed by atoms with Crippen molar-refractivity contribution in [2.75, 3.05) is 39.8 Å². The van der Waals surface area contributed by atoms with Gasteiger partial charge in [0.1, 0.15) is 0 Å². The van der Waals surface area contributed by atoms with E-state index in [1.807, 2.05) is 29.2 Å². The van der Waals surface area contributed by atoms with Crippen molar-refractivity contribution in [3.8, 4) is 0 Å². The first-order valence-electron chi connectivity index (χ1n) is 10.3. The molecule has 1 amide bonds. The van der Waals surface area contributed by atoms with Crippen LogP contribution in [0.5, 0.6) is 0 Å². The van der Waals surface area contributed by atoms with Crippen LogP contribution in [0.4, 0.5) is 0 Å². The molecule has 4 nitrogen and oxygen atoms in total. The molecule has 1 saturated heterocycles. The van der Waals surface area contributed by atoms with Crippen LogP contribution < -0.4 is 0 Å². The van der Waals surface area contributed by atoms with Gasteiger partial charge in [0, 0.05) is 38.5 Å². The summed E-state index contributed by atoms with van der Waals surface area (Å²) in [5, 5.41) is 0. The normalized spacial score (nSPS) is 18.0. The van der Waals surface area contributed by atoms with E-state index in [0.29, 0.717) is 25.6 Å². The van der Waals surface area contributed by atoms with Crippen molar-refractivity contribution in [1.29, 1.82) is 0 Å². The van der Waals surface area contributed by atoms with Gasteiger partial charge in [-0.1, -0.05) is 60.7 Å². The number of benzene rings is 2. The molecule has 3 rings (SSSR count). The van der Waals surface area contributed by atoms with Crippen molar-refractivity contribution in [3.05, 3.63) is 71.8 Å². The minimum Gasteiger partial charge on any atom is -0.376 e. The lowest BCUT2D eigenvalue weighted by molar-refractivity contribution is -0.131. The second kappa shape index (κ2) is 11.0. The highest BCUT2D eigenvalue weighted by Crippen LogP contribution is 2.13. The molecule has 0 bridgehead atoms. The minimum absolute atomic E-state index is 0.277. The monoisotopic (exact) mass is 380 g/mol. The first-order chi connectivity index (χ1) is 13.7. The van der Waals surface area contributed by atoms with Gasteiger partial charge in [0.25, 0.3) is 0 Å². The minimum atomic E-state index is 0.277. The van der Waals surface area contributed by atoms with Gasteiger partial charge in [-0.05, 0) is 31.0 Å². The quantitative estimate of drug-likeness (QED) is 0.701. The van der Waals surface area contributed by atoms with Crippen LogP contribution in [-0.4, -0.2) is 55.5 Å². The molecule has 0 N–H and O–H groups in total. The van der Waals surface area contributed by atoms with Gasteiger partial charge in [-0.25, -0.2) is 0 Å². The molecule has 0 spiro atoms. The zero-order valence-corrected chi connectivity index (χ0v) is 16.9. The Morgan fingerprint density at radius 2 is 1.64 bits per heavy atom. The maximum absolute atomic E-state index is 12.8. The Bertz CT molecular complexity index is 705. The highest BCUT2D eigenvalue weighted by Gasteiger charge is 2.24. The number of carbonyl (C=O) groups is 1. The van der Waals surface area contributed by atoms with E-state index in [9.17, 15) is 4.79 Å². The van der Waals surface area contributed by atoms with Crippen molar-refractivity contribution in [3.63, 3.8) is 0 Å². The molecule has 1 fully saturated rings. The Morgan fingerprint density at radius 1 is 0.964 bits per heavy atom. The van der Waals surface area contributed by atoms with Crippen molar-refractivity contribution >= 4 is 5.91 Å². The van der Waals surface area contributed by atoms with Gasteiger partial charge in [-0.3, -0.25) is 4.79 Å². The van der Waals surface area contributed by atoms with Crippen LogP contribution in [0.1, 0.15) is 24.0 Å². The maximum atomic E-state index is 12.8. The van der Waals surface area contributed by atoms with E-state index in [2.05, 4.69) is 48.3 Å². The number of hydrogen-bond acceptors (Lipinski definition) is 3. The highest BCUT2D eigenvalue weighted by atomic mass is 16.5. The first-order valence-corrected chi connectivity index (χ1v) is 10.3. The molecule has 1 aliphatic rings. The summed E-state index contributed by atoms with van der Waals surface area (Å²) in [5.41, 5.74) is 2.50. The molecular formula is C24H32N2O2. The van der Waals surface area contributed by atoms with Crippen molar-refractivity contribution in [1.82, 2.24) is 9.80 Å². The molecule has 1 aliphatic heterocycles. The molecule has 0 aromatic heterocycles. The number of carbonyl (C=O) groups excluding carboxylic acids is 1. The van der Waals surface area contributed by atoms with E-state index < -0.39 is 0 Å². The standard InChI is InChI=1S/C24H32N2O2/c1-25-15-16-26(24(27)14-8-13-21-9-4-2-5-10-21)18-23(17-25)20-28-19-22-11-6-3-7-12-22/h2-7,9-12,23H,8,13-20H2,1H3/t23-/m0/s1. The second-order valence-corrected chi connectivity index (χ2v) is 7.81. The summed E-state index contributed by atoms with van der Waals surface area (Å²) in [6.07, 6.45) is 2.49. The van der Waals surface area contributed by atoms with Crippen molar-refractivity contribution < 1.29 is 9.53 Å². The van der Waals surface area contributed by atoms with Crippen LogP contribution in [0.15, 0.2) is 60.7 Å². The summed E-state index contributed by atoms with van der Waals surface area (Å²) >= 11 is 0. The third-order valence-corrected chi connectivity index (χ3v) is 5.32. The fourth-order valence-electron chi connectivity index (χ4n) is 3.78. The molecule has 0 radical (unpaired) electrons. The van der Waals surface area contributed by atoms with E-state index in [4.69, 9.17) is 4.74 Å². The van der Waals surface area contributed by atoms with Gasteiger partial charge in [0.05, 0.1) is 13.2 Å². The molecule has 2 aromatic rings. The van der Waals surface area contributed by atoms with Crippen LogP contribution >= 0.6 is 0 Å². The Kier molecular flexibility index (Phi) is 8.07. The number of aryl methyl sites for hydroxylation is 1. The van der Waals surface area contributed by atoms with E-state index in [0.717, 1.165) is 39.0 Å². The fourth-order valence-corrected chi connectivity index (χ4v) is 3.78. The van der Waals surface area contributed by atoms with Gasteiger partial charge in [-0.2, -0.15) is 0 Å². The van der Waals surface area contributed by atoms with Crippen LogP contribution in [-0.2, 0) is 22.6 Å². The highest BCUT2D eigenvalue weighted by molar-refractivity contribution is 5.76. The number of rotatable bonds is 8. The van der Waals surface area contributed by atoms with Crippen LogP contribution in [0, 0.1) is 5.92 Å². The summed E-state index contributed by atoms with van der Waals surface area (Å²) < 4.78 is 5.97. The number of likely N-dealkylation sites (N-methyl/N-ethyl adjacent to an activating group) is 1. The molecule has 2 aromatic carbocycles. The smallest absolute Gasteiger partial charge is 0.222 e. The summed E-state index contributed by atoms with van der Waals surface area (Å²) in [6, 6.07) is 20.7. The first kappa shape index (κ1) is 20.6. The average molecular weight is 381 g/mol. The van der Waals surface area contributed by atoms with Gasteiger partial charge in [-0.15, -0.1) is 0 Å². The second-order valence-electron chi connectivity index (χ2n) is 7.81. The number of nitrogens with zero attached hydrogens (tertiary/aromatic N) is 2. The zero-order valence-electron chi connectivity index (χ0n) is 16.9. The molecule has 4 heteroatoms. The Balaban J connectivity index is 1.44. The lowest BCUT2D eigenvalue weighted by atomic mass is 10.1. The van der Waals surface area contributed by atoms with E-state index in [-0.39, 0.29) is 5.91 Å². The van der Waals surface area contributed by atoms with Gasteiger partial charge < -0.3 is 14.5 Å². The maximum Gasteiger partial charge on any atom is 0.222 e. The fraction of sp³-hybridized carbons (Fsp3) is 0.458. The molecule has 0 saturated carbocycles. The SMILES string of the molecule is CN1CCN(C(=O)CCCc2ccccc2)C[C@@H](COCc2ccccc2)C1. The van der Waals surface area contributed by atoms with Gasteiger partial charge >= 0.3 is 0 Å². The van der Waals surface area contributed by atoms with Crippen LogP contribution in [0.2, 0.25) is 0 Å².